The van der Waals surface area contributed by atoms with Crippen LogP contribution in [-0.4, -0.2) is 29.6 Å². The number of pyridine rings is 1. The number of thiazole rings is 1. The number of nitrogens with one attached hydrogen (secondary N) is 1. The predicted molar refractivity (Wildman–Crippen MR) is 97.3 cm³/mol. The van der Waals surface area contributed by atoms with E-state index >= 15 is 0 Å². The molecule has 128 valence electrons. The quantitative estimate of drug-likeness (QED) is 0.763. The number of methoxy groups -OCH3 is 1. The third kappa shape index (κ3) is 3.61. The molecule has 0 aliphatic carbocycles. The number of hydrogen-bond acceptors (Lipinski definition) is 5. The molecule has 0 fully saturated rings. The second-order valence-electron chi connectivity index (χ2n) is 5.31. The van der Waals surface area contributed by atoms with Crippen molar-refractivity contribution in [2.45, 2.75) is 6.54 Å². The van der Waals surface area contributed by atoms with E-state index in [0.717, 1.165) is 22.0 Å². The highest BCUT2D eigenvalue weighted by Gasteiger charge is 2.11. The summed E-state index contributed by atoms with van der Waals surface area (Å²) in [5, 5.41) is 5.27. The Morgan fingerprint density at radius 2 is 2.08 bits per heavy atom. The molecule has 6 nitrogen and oxygen atoms in total. The van der Waals surface area contributed by atoms with Gasteiger partial charge in [0.15, 0.2) is 0 Å². The third-order valence-corrected chi connectivity index (χ3v) is 4.62. The van der Waals surface area contributed by atoms with Gasteiger partial charge in [0, 0.05) is 24.7 Å². The summed E-state index contributed by atoms with van der Waals surface area (Å²) in [4.78, 5) is 28.4. The Labute approximate surface area is 148 Å². The monoisotopic (exact) mass is 355 g/mol. The molecular formula is C18H17N3O3S. The van der Waals surface area contributed by atoms with Crippen molar-refractivity contribution in [3.8, 4) is 16.3 Å². The first-order valence-corrected chi connectivity index (χ1v) is 8.50. The van der Waals surface area contributed by atoms with Crippen LogP contribution in [-0.2, 0) is 6.54 Å². The van der Waals surface area contributed by atoms with Gasteiger partial charge in [-0.15, -0.1) is 11.3 Å². The summed E-state index contributed by atoms with van der Waals surface area (Å²) in [6.45, 7) is 0.301. The van der Waals surface area contributed by atoms with Crippen LogP contribution in [0.2, 0.25) is 0 Å². The van der Waals surface area contributed by atoms with Crippen molar-refractivity contribution in [2.75, 3.05) is 14.2 Å². The van der Waals surface area contributed by atoms with Crippen LogP contribution in [0.3, 0.4) is 0 Å². The lowest BCUT2D eigenvalue weighted by atomic mass is 10.2. The predicted octanol–water partition coefficient (Wildman–Crippen LogP) is 2.39. The van der Waals surface area contributed by atoms with E-state index in [1.807, 2.05) is 29.6 Å². The maximum atomic E-state index is 12.1. The Morgan fingerprint density at radius 3 is 2.84 bits per heavy atom. The molecule has 0 saturated carbocycles. The average molecular weight is 355 g/mol. The second-order valence-corrected chi connectivity index (χ2v) is 6.17. The first kappa shape index (κ1) is 16.9. The molecular weight excluding hydrogens is 338 g/mol. The molecule has 0 aliphatic heterocycles. The summed E-state index contributed by atoms with van der Waals surface area (Å²) in [7, 11) is 3.18. The van der Waals surface area contributed by atoms with E-state index in [1.165, 1.54) is 28.0 Å². The highest BCUT2D eigenvalue weighted by atomic mass is 32.1. The third-order valence-electron chi connectivity index (χ3n) is 3.69. The number of amides is 1. The van der Waals surface area contributed by atoms with Gasteiger partial charge in [0.1, 0.15) is 10.8 Å². The van der Waals surface area contributed by atoms with E-state index in [9.17, 15) is 9.59 Å². The van der Waals surface area contributed by atoms with Crippen LogP contribution < -0.4 is 15.6 Å². The molecule has 25 heavy (non-hydrogen) atoms. The minimum atomic E-state index is -0.235. The minimum Gasteiger partial charge on any atom is -0.496 e. The van der Waals surface area contributed by atoms with Crippen molar-refractivity contribution < 1.29 is 9.53 Å². The molecule has 3 rings (SSSR count). The van der Waals surface area contributed by atoms with Gasteiger partial charge in [-0.25, -0.2) is 4.98 Å². The molecule has 3 aromatic rings. The van der Waals surface area contributed by atoms with E-state index in [2.05, 4.69) is 10.3 Å². The molecule has 1 N–H and O–H groups in total. The van der Waals surface area contributed by atoms with Crippen LogP contribution in [0.5, 0.6) is 5.75 Å². The molecule has 7 heteroatoms. The molecule has 0 spiro atoms. The largest absolute Gasteiger partial charge is 0.496 e. The van der Waals surface area contributed by atoms with Crippen molar-refractivity contribution in [2.24, 2.45) is 0 Å². The molecule has 2 heterocycles. The van der Waals surface area contributed by atoms with Crippen LogP contribution in [0.1, 0.15) is 16.1 Å². The Bertz CT molecular complexity index is 962. The molecule has 0 radical (unpaired) electrons. The highest BCUT2D eigenvalue weighted by molar-refractivity contribution is 7.13. The van der Waals surface area contributed by atoms with Crippen LogP contribution in [0, 0.1) is 0 Å². The summed E-state index contributed by atoms with van der Waals surface area (Å²) in [5.74, 6) is 0.518. The fourth-order valence-corrected chi connectivity index (χ4v) is 3.27. The van der Waals surface area contributed by atoms with Gasteiger partial charge in [0.05, 0.1) is 30.5 Å². The Morgan fingerprint density at radius 1 is 1.28 bits per heavy atom. The van der Waals surface area contributed by atoms with Crippen molar-refractivity contribution in [3.05, 3.63) is 69.6 Å². The van der Waals surface area contributed by atoms with E-state index in [0.29, 0.717) is 12.1 Å². The minimum absolute atomic E-state index is 0.181. The Kier molecular flexibility index (Phi) is 4.95. The summed E-state index contributed by atoms with van der Waals surface area (Å²) in [6.07, 6.45) is 1.54. The SMILES string of the molecule is CNC(=O)c1ccc(=O)n(Cc2csc(-c3ccccc3OC)n2)c1. The fraction of sp³-hybridized carbons (Fsp3) is 0.167. The topological polar surface area (TPSA) is 73.2 Å². The molecule has 1 amide bonds. The van der Waals surface area contributed by atoms with Gasteiger partial charge in [-0.05, 0) is 18.2 Å². The fourth-order valence-electron chi connectivity index (χ4n) is 2.43. The molecule has 0 saturated heterocycles. The number of carbonyl (C=O) groups excluding carboxylic acids is 1. The number of rotatable bonds is 5. The maximum Gasteiger partial charge on any atom is 0.252 e. The molecule has 0 aliphatic rings. The Hall–Kier alpha value is -2.93. The van der Waals surface area contributed by atoms with Crippen molar-refractivity contribution >= 4 is 17.2 Å². The van der Waals surface area contributed by atoms with E-state index in [4.69, 9.17) is 4.74 Å². The average Bonchev–Trinajstić information content (AvgIpc) is 3.11. The lowest BCUT2D eigenvalue weighted by Gasteiger charge is -2.06. The van der Waals surface area contributed by atoms with Gasteiger partial charge in [0.25, 0.3) is 11.5 Å². The van der Waals surface area contributed by atoms with Crippen LogP contribution in [0.4, 0.5) is 0 Å². The first-order valence-electron chi connectivity index (χ1n) is 7.62. The van der Waals surface area contributed by atoms with E-state index < -0.39 is 0 Å². The lowest BCUT2D eigenvalue weighted by Crippen LogP contribution is -2.24. The van der Waals surface area contributed by atoms with Gasteiger partial charge in [-0.3, -0.25) is 9.59 Å². The number of hydrogen-bond donors (Lipinski definition) is 1. The molecule has 0 bridgehead atoms. The normalized spacial score (nSPS) is 10.5. The van der Waals surface area contributed by atoms with Gasteiger partial charge in [-0.2, -0.15) is 0 Å². The van der Waals surface area contributed by atoms with Gasteiger partial charge < -0.3 is 14.6 Å². The summed E-state index contributed by atoms with van der Waals surface area (Å²) >= 11 is 1.49. The second kappa shape index (κ2) is 7.31. The zero-order valence-electron chi connectivity index (χ0n) is 13.9. The number of nitrogens with zero attached hydrogens (tertiary/aromatic N) is 2. The van der Waals surface area contributed by atoms with Crippen molar-refractivity contribution in [3.63, 3.8) is 0 Å². The standard InChI is InChI=1S/C18H17N3O3S/c1-19-17(23)12-7-8-16(22)21(9-12)10-13-11-25-18(20-13)14-5-3-4-6-15(14)24-2/h3-9,11H,10H2,1-2H3,(H,19,23). The van der Waals surface area contributed by atoms with Gasteiger partial charge >= 0.3 is 0 Å². The zero-order chi connectivity index (χ0) is 17.8. The van der Waals surface area contributed by atoms with E-state index in [1.54, 1.807) is 20.4 Å². The molecule has 1 aromatic carbocycles. The van der Waals surface area contributed by atoms with Gasteiger partial charge in [-0.1, -0.05) is 12.1 Å². The number of ether oxygens (including phenoxy) is 1. The summed E-state index contributed by atoms with van der Waals surface area (Å²) in [6, 6.07) is 10.6. The van der Waals surface area contributed by atoms with Crippen LogP contribution in [0.15, 0.2) is 52.8 Å². The smallest absolute Gasteiger partial charge is 0.252 e. The van der Waals surface area contributed by atoms with Crippen LogP contribution >= 0.6 is 11.3 Å². The Balaban J connectivity index is 1.89. The lowest BCUT2D eigenvalue weighted by molar-refractivity contribution is 0.0962. The van der Waals surface area contributed by atoms with Crippen LogP contribution in [0.25, 0.3) is 10.6 Å². The number of carbonyl (C=O) groups is 1. The molecule has 0 unspecified atom stereocenters. The molecule has 0 atom stereocenters. The number of para-hydroxylation sites is 1. The summed E-state index contributed by atoms with van der Waals surface area (Å²) in [5.41, 5.74) is 1.91. The highest BCUT2D eigenvalue weighted by Crippen LogP contribution is 2.31. The zero-order valence-corrected chi connectivity index (χ0v) is 14.7. The van der Waals surface area contributed by atoms with Crippen molar-refractivity contribution in [1.82, 2.24) is 14.9 Å². The van der Waals surface area contributed by atoms with Gasteiger partial charge in [0.2, 0.25) is 0 Å². The first-order chi connectivity index (χ1) is 12.1. The maximum absolute atomic E-state index is 12.1. The number of benzene rings is 1. The van der Waals surface area contributed by atoms with Crippen molar-refractivity contribution in [1.29, 1.82) is 0 Å². The number of aromatic nitrogens is 2. The summed E-state index contributed by atoms with van der Waals surface area (Å²) < 4.78 is 6.85. The molecule has 2 aromatic heterocycles. The van der Waals surface area contributed by atoms with E-state index in [-0.39, 0.29) is 11.5 Å².